The first kappa shape index (κ1) is 24.1. The van der Waals surface area contributed by atoms with E-state index in [0.717, 1.165) is 33.6 Å². The molecular formula is C32H22N2O2. The van der Waals surface area contributed by atoms with E-state index in [0.29, 0.717) is 11.1 Å². The van der Waals surface area contributed by atoms with Gasteiger partial charge in [0, 0.05) is 33.4 Å². The average molecular weight is 467 g/mol. The maximum atomic E-state index is 11.4. The Balaban J connectivity index is 1.36. The second-order valence-corrected chi connectivity index (χ2v) is 8.06. The van der Waals surface area contributed by atoms with Gasteiger partial charge in [0.05, 0.1) is 11.4 Å². The van der Waals surface area contributed by atoms with Crippen LogP contribution in [0.15, 0.2) is 107 Å². The zero-order chi connectivity index (χ0) is 25.3. The van der Waals surface area contributed by atoms with Crippen molar-refractivity contribution in [2.45, 2.75) is 13.8 Å². The predicted molar refractivity (Wildman–Crippen MR) is 142 cm³/mol. The van der Waals surface area contributed by atoms with Crippen molar-refractivity contribution in [3.63, 3.8) is 0 Å². The first-order valence-electron chi connectivity index (χ1n) is 11.3. The van der Waals surface area contributed by atoms with Crippen LogP contribution in [0.5, 0.6) is 0 Å². The van der Waals surface area contributed by atoms with Crippen molar-refractivity contribution in [1.29, 1.82) is 0 Å². The SMILES string of the molecule is CC(=O)c1ccc(C#Cc2ccc(N=Nc3ccc(C#Cc4ccc(C(C)=O)cc4)cc3)cc2)cc1. The summed E-state index contributed by atoms with van der Waals surface area (Å²) in [4.78, 5) is 22.7. The molecule has 4 heteroatoms. The van der Waals surface area contributed by atoms with Crippen LogP contribution in [0.1, 0.15) is 56.8 Å². The zero-order valence-electron chi connectivity index (χ0n) is 19.9. The molecule has 36 heavy (non-hydrogen) atoms. The summed E-state index contributed by atoms with van der Waals surface area (Å²) >= 11 is 0. The summed E-state index contributed by atoms with van der Waals surface area (Å²) < 4.78 is 0. The summed E-state index contributed by atoms with van der Waals surface area (Å²) in [5.41, 5.74) is 6.23. The molecule has 0 spiro atoms. The average Bonchev–Trinajstić information content (AvgIpc) is 2.91. The number of ketones is 2. The number of Topliss-reactive ketones (excluding diaryl/α,β-unsaturated/α-hetero) is 2. The van der Waals surface area contributed by atoms with Crippen molar-refractivity contribution < 1.29 is 9.59 Å². The number of azo groups is 1. The minimum Gasteiger partial charge on any atom is -0.295 e. The Morgan fingerprint density at radius 2 is 0.694 bits per heavy atom. The first-order chi connectivity index (χ1) is 17.5. The van der Waals surface area contributed by atoms with Crippen LogP contribution >= 0.6 is 0 Å². The van der Waals surface area contributed by atoms with Crippen molar-refractivity contribution in [1.82, 2.24) is 0 Å². The molecule has 0 aliphatic carbocycles. The highest BCUT2D eigenvalue weighted by Gasteiger charge is 1.98. The van der Waals surface area contributed by atoms with E-state index in [1.54, 1.807) is 38.1 Å². The van der Waals surface area contributed by atoms with Crippen LogP contribution < -0.4 is 0 Å². The molecule has 172 valence electrons. The van der Waals surface area contributed by atoms with Crippen LogP contribution in [0.4, 0.5) is 11.4 Å². The molecule has 0 aromatic heterocycles. The summed E-state index contributed by atoms with van der Waals surface area (Å²) in [5.74, 6) is 12.5. The predicted octanol–water partition coefficient (Wildman–Crippen LogP) is 7.31. The number of hydrogen-bond acceptors (Lipinski definition) is 4. The lowest BCUT2D eigenvalue weighted by Gasteiger charge is -1.96. The van der Waals surface area contributed by atoms with E-state index in [4.69, 9.17) is 0 Å². The second kappa shape index (κ2) is 11.4. The summed E-state index contributed by atoms with van der Waals surface area (Å²) in [6.07, 6.45) is 0. The largest absolute Gasteiger partial charge is 0.295 e. The van der Waals surface area contributed by atoms with Crippen molar-refractivity contribution in [2.24, 2.45) is 10.2 Å². The summed E-state index contributed by atoms with van der Waals surface area (Å²) in [5, 5.41) is 8.58. The van der Waals surface area contributed by atoms with Crippen molar-refractivity contribution in [3.8, 4) is 23.7 Å². The Labute approximate surface area is 210 Å². The molecule has 0 bridgehead atoms. The van der Waals surface area contributed by atoms with E-state index in [1.807, 2.05) is 72.8 Å². The summed E-state index contributed by atoms with van der Waals surface area (Å²) in [7, 11) is 0. The van der Waals surface area contributed by atoms with Gasteiger partial charge < -0.3 is 0 Å². The minimum absolute atomic E-state index is 0.0397. The minimum atomic E-state index is 0.0397. The molecule has 0 amide bonds. The van der Waals surface area contributed by atoms with E-state index in [-0.39, 0.29) is 11.6 Å². The number of nitrogens with zero attached hydrogens (tertiary/aromatic N) is 2. The fraction of sp³-hybridized carbons (Fsp3) is 0.0625. The highest BCUT2D eigenvalue weighted by Crippen LogP contribution is 2.19. The van der Waals surface area contributed by atoms with Gasteiger partial charge in [-0.05, 0) is 86.6 Å². The maximum Gasteiger partial charge on any atom is 0.159 e. The zero-order valence-corrected chi connectivity index (χ0v) is 19.9. The molecule has 0 aliphatic rings. The fourth-order valence-corrected chi connectivity index (χ4v) is 3.20. The van der Waals surface area contributed by atoms with E-state index >= 15 is 0 Å². The van der Waals surface area contributed by atoms with Gasteiger partial charge in [0.25, 0.3) is 0 Å². The quantitative estimate of drug-likeness (QED) is 0.180. The van der Waals surface area contributed by atoms with Gasteiger partial charge in [-0.1, -0.05) is 47.9 Å². The smallest absolute Gasteiger partial charge is 0.159 e. The van der Waals surface area contributed by atoms with Crippen molar-refractivity contribution in [2.75, 3.05) is 0 Å². The van der Waals surface area contributed by atoms with E-state index < -0.39 is 0 Å². The van der Waals surface area contributed by atoms with Gasteiger partial charge in [0.2, 0.25) is 0 Å². The molecule has 0 saturated carbocycles. The van der Waals surface area contributed by atoms with Gasteiger partial charge >= 0.3 is 0 Å². The molecule has 0 heterocycles. The van der Waals surface area contributed by atoms with Crippen LogP contribution in [0, 0.1) is 23.7 Å². The molecule has 4 aromatic carbocycles. The normalized spacial score (nSPS) is 10.2. The van der Waals surface area contributed by atoms with Gasteiger partial charge in [-0.25, -0.2) is 0 Å². The highest BCUT2D eigenvalue weighted by molar-refractivity contribution is 5.94. The monoisotopic (exact) mass is 466 g/mol. The number of benzene rings is 4. The topological polar surface area (TPSA) is 58.9 Å². The Kier molecular flexibility index (Phi) is 7.61. The summed E-state index contributed by atoms with van der Waals surface area (Å²) in [6, 6.07) is 29.5. The molecule has 4 rings (SSSR count). The first-order valence-corrected chi connectivity index (χ1v) is 11.3. The molecule has 4 aromatic rings. The second-order valence-electron chi connectivity index (χ2n) is 8.06. The highest BCUT2D eigenvalue weighted by atomic mass is 16.1. The lowest BCUT2D eigenvalue weighted by molar-refractivity contribution is 0.100. The molecule has 0 radical (unpaired) electrons. The Morgan fingerprint density at radius 1 is 0.444 bits per heavy atom. The van der Waals surface area contributed by atoms with Gasteiger partial charge in [0.1, 0.15) is 0 Å². The Hall–Kier alpha value is -5.06. The summed E-state index contributed by atoms with van der Waals surface area (Å²) in [6.45, 7) is 3.09. The molecule has 0 unspecified atom stereocenters. The van der Waals surface area contributed by atoms with Gasteiger partial charge in [-0.2, -0.15) is 10.2 Å². The molecule has 0 saturated heterocycles. The molecule has 4 nitrogen and oxygen atoms in total. The van der Waals surface area contributed by atoms with Gasteiger partial charge in [0.15, 0.2) is 11.6 Å². The van der Waals surface area contributed by atoms with Crippen LogP contribution in [0.25, 0.3) is 0 Å². The molecule has 0 aliphatic heterocycles. The van der Waals surface area contributed by atoms with E-state index in [2.05, 4.69) is 33.9 Å². The van der Waals surface area contributed by atoms with Crippen LogP contribution in [-0.2, 0) is 0 Å². The lowest BCUT2D eigenvalue weighted by atomic mass is 10.1. The maximum absolute atomic E-state index is 11.4. The van der Waals surface area contributed by atoms with Crippen LogP contribution in [-0.4, -0.2) is 11.6 Å². The third-order valence-corrected chi connectivity index (χ3v) is 5.30. The fourth-order valence-electron chi connectivity index (χ4n) is 3.20. The third kappa shape index (κ3) is 6.73. The number of hydrogen-bond donors (Lipinski definition) is 0. The van der Waals surface area contributed by atoms with E-state index in [9.17, 15) is 9.59 Å². The van der Waals surface area contributed by atoms with Gasteiger partial charge in [-0.15, -0.1) is 0 Å². The molecule has 0 atom stereocenters. The molecule has 0 fully saturated rings. The number of carbonyl (C=O) groups is 2. The van der Waals surface area contributed by atoms with E-state index in [1.165, 1.54) is 0 Å². The Bertz CT molecular complexity index is 1420. The standard InChI is InChI=1S/C32H22N2O2/c1-23(35)29-15-7-25(8-16-29)3-5-27-11-19-31(20-12-27)33-34-32-21-13-28(14-22-32)6-4-26-9-17-30(18-10-26)24(2)36/h7-22H,1-2H3. The molecular weight excluding hydrogens is 444 g/mol. The lowest BCUT2D eigenvalue weighted by Crippen LogP contribution is -1.90. The Morgan fingerprint density at radius 3 is 0.944 bits per heavy atom. The van der Waals surface area contributed by atoms with Crippen molar-refractivity contribution in [3.05, 3.63) is 130 Å². The van der Waals surface area contributed by atoms with Crippen molar-refractivity contribution >= 4 is 22.9 Å². The number of rotatable bonds is 4. The van der Waals surface area contributed by atoms with Crippen LogP contribution in [0.3, 0.4) is 0 Å². The van der Waals surface area contributed by atoms with Crippen LogP contribution in [0.2, 0.25) is 0 Å². The molecule has 0 N–H and O–H groups in total. The number of carbonyl (C=O) groups excluding carboxylic acids is 2. The van der Waals surface area contributed by atoms with Gasteiger partial charge in [-0.3, -0.25) is 9.59 Å². The third-order valence-electron chi connectivity index (χ3n) is 5.30.